The monoisotopic (exact) mass is 258 g/mol. The van der Waals surface area contributed by atoms with Crippen LogP contribution in [0.5, 0.6) is 0 Å². The molecule has 0 aromatic carbocycles. The summed E-state index contributed by atoms with van der Waals surface area (Å²) >= 11 is 0. The summed E-state index contributed by atoms with van der Waals surface area (Å²) in [5.74, 6) is 0.689. The SMILES string of the molecule is CCc1ncc(S(=O)(=O)NC2CCN(C)C2)[nH]1. The second kappa shape index (κ2) is 4.75. The highest BCUT2D eigenvalue weighted by Gasteiger charge is 2.26. The Bertz CT molecular complexity index is 482. The highest BCUT2D eigenvalue weighted by Crippen LogP contribution is 2.11. The van der Waals surface area contributed by atoms with Gasteiger partial charge in [-0.25, -0.2) is 18.1 Å². The molecule has 1 atom stereocenters. The summed E-state index contributed by atoms with van der Waals surface area (Å²) < 4.78 is 26.7. The molecule has 0 aliphatic carbocycles. The van der Waals surface area contributed by atoms with Crippen molar-refractivity contribution in [2.75, 3.05) is 20.1 Å². The minimum atomic E-state index is -3.45. The van der Waals surface area contributed by atoms with E-state index in [9.17, 15) is 8.42 Å². The van der Waals surface area contributed by atoms with E-state index in [-0.39, 0.29) is 11.1 Å². The number of nitrogens with zero attached hydrogens (tertiary/aromatic N) is 2. The third-order valence-corrected chi connectivity index (χ3v) is 4.37. The Morgan fingerprint density at radius 3 is 2.94 bits per heavy atom. The van der Waals surface area contributed by atoms with Gasteiger partial charge in [-0.15, -0.1) is 0 Å². The first-order valence-electron chi connectivity index (χ1n) is 5.76. The summed E-state index contributed by atoms with van der Waals surface area (Å²) in [7, 11) is -1.47. The molecule has 0 radical (unpaired) electrons. The van der Waals surface area contributed by atoms with Crippen molar-refractivity contribution in [3.63, 3.8) is 0 Å². The molecule has 1 aromatic rings. The van der Waals surface area contributed by atoms with Gasteiger partial charge in [0.15, 0.2) is 5.03 Å². The van der Waals surface area contributed by atoms with Crippen LogP contribution in [0.25, 0.3) is 0 Å². The maximum absolute atomic E-state index is 12.0. The van der Waals surface area contributed by atoms with Crippen molar-refractivity contribution in [3.05, 3.63) is 12.0 Å². The Morgan fingerprint density at radius 1 is 1.65 bits per heavy atom. The maximum Gasteiger partial charge on any atom is 0.257 e. The van der Waals surface area contributed by atoms with Crippen molar-refractivity contribution in [2.24, 2.45) is 0 Å². The van der Waals surface area contributed by atoms with Crippen LogP contribution < -0.4 is 4.72 Å². The van der Waals surface area contributed by atoms with Gasteiger partial charge in [0.2, 0.25) is 0 Å². The van der Waals surface area contributed by atoms with Gasteiger partial charge in [0.25, 0.3) is 10.0 Å². The second-order valence-corrected chi connectivity index (χ2v) is 6.10. The number of sulfonamides is 1. The highest BCUT2D eigenvalue weighted by atomic mass is 32.2. The molecule has 17 heavy (non-hydrogen) atoms. The molecular formula is C10H18N4O2S. The first kappa shape index (κ1) is 12.5. The predicted octanol–water partition coefficient (Wildman–Crippen LogP) is -0.0455. The van der Waals surface area contributed by atoms with E-state index in [1.54, 1.807) is 0 Å². The van der Waals surface area contributed by atoms with E-state index < -0.39 is 10.0 Å². The van der Waals surface area contributed by atoms with Crippen LogP contribution >= 0.6 is 0 Å². The van der Waals surface area contributed by atoms with E-state index in [4.69, 9.17) is 0 Å². The normalized spacial score (nSPS) is 22.1. The molecule has 6 nitrogen and oxygen atoms in total. The molecule has 2 heterocycles. The Morgan fingerprint density at radius 2 is 2.41 bits per heavy atom. The highest BCUT2D eigenvalue weighted by molar-refractivity contribution is 7.89. The van der Waals surface area contributed by atoms with Crippen molar-refractivity contribution < 1.29 is 8.42 Å². The molecule has 1 fully saturated rings. The first-order valence-corrected chi connectivity index (χ1v) is 7.24. The summed E-state index contributed by atoms with van der Waals surface area (Å²) in [4.78, 5) is 8.93. The number of imidazole rings is 1. The van der Waals surface area contributed by atoms with Gasteiger partial charge in [-0.3, -0.25) is 0 Å². The molecule has 0 bridgehead atoms. The Balaban J connectivity index is 2.08. The lowest BCUT2D eigenvalue weighted by Crippen LogP contribution is -2.36. The van der Waals surface area contributed by atoms with E-state index >= 15 is 0 Å². The van der Waals surface area contributed by atoms with E-state index in [1.165, 1.54) is 6.20 Å². The van der Waals surface area contributed by atoms with Crippen LogP contribution in [0.1, 0.15) is 19.2 Å². The molecule has 1 saturated heterocycles. The van der Waals surface area contributed by atoms with Crippen LogP contribution in [0, 0.1) is 0 Å². The molecule has 7 heteroatoms. The molecule has 1 unspecified atom stereocenters. The third-order valence-electron chi connectivity index (χ3n) is 2.94. The Labute approximate surface area is 101 Å². The van der Waals surface area contributed by atoms with E-state index in [0.717, 1.165) is 19.5 Å². The number of hydrogen-bond donors (Lipinski definition) is 2. The van der Waals surface area contributed by atoms with Crippen molar-refractivity contribution in [1.29, 1.82) is 0 Å². The number of aromatic nitrogens is 2. The summed E-state index contributed by atoms with van der Waals surface area (Å²) in [5, 5.41) is 0.156. The summed E-state index contributed by atoms with van der Waals surface area (Å²) in [5.41, 5.74) is 0. The van der Waals surface area contributed by atoms with Crippen molar-refractivity contribution in [3.8, 4) is 0 Å². The molecule has 1 aliphatic heterocycles. The smallest absolute Gasteiger partial charge is 0.257 e. The number of H-pyrrole nitrogens is 1. The number of likely N-dealkylation sites (tertiary alicyclic amines) is 1. The second-order valence-electron chi connectivity index (χ2n) is 4.42. The number of hydrogen-bond acceptors (Lipinski definition) is 4. The van der Waals surface area contributed by atoms with E-state index in [2.05, 4.69) is 19.6 Å². The van der Waals surface area contributed by atoms with Crippen LogP contribution in [0.3, 0.4) is 0 Å². The van der Waals surface area contributed by atoms with E-state index in [1.807, 2.05) is 14.0 Å². The van der Waals surface area contributed by atoms with Gasteiger partial charge in [0.05, 0.1) is 6.20 Å². The van der Waals surface area contributed by atoms with Gasteiger partial charge in [-0.1, -0.05) is 6.92 Å². The topological polar surface area (TPSA) is 78.1 Å². The number of aromatic amines is 1. The van der Waals surface area contributed by atoms with Crippen molar-refractivity contribution >= 4 is 10.0 Å². The van der Waals surface area contributed by atoms with Gasteiger partial charge in [-0.05, 0) is 20.0 Å². The minimum Gasteiger partial charge on any atom is -0.332 e. The molecule has 1 aromatic heterocycles. The molecule has 2 rings (SSSR count). The minimum absolute atomic E-state index is 0.00150. The van der Waals surface area contributed by atoms with Gasteiger partial charge >= 0.3 is 0 Å². The van der Waals surface area contributed by atoms with Gasteiger partial charge in [-0.2, -0.15) is 0 Å². The van der Waals surface area contributed by atoms with Gasteiger partial charge in [0, 0.05) is 19.0 Å². The van der Waals surface area contributed by atoms with Gasteiger partial charge in [0.1, 0.15) is 5.82 Å². The lowest BCUT2D eigenvalue weighted by Gasteiger charge is -2.11. The number of likely N-dealkylation sites (N-methyl/N-ethyl adjacent to an activating group) is 1. The average Bonchev–Trinajstić information content (AvgIpc) is 2.86. The van der Waals surface area contributed by atoms with Crippen LogP contribution in [0.4, 0.5) is 0 Å². The standard InChI is InChI=1S/C10H18N4O2S/c1-3-9-11-6-10(12-9)17(15,16)13-8-4-5-14(2)7-8/h6,8,13H,3-5,7H2,1-2H3,(H,11,12). The fourth-order valence-corrected chi connectivity index (χ4v) is 3.18. The number of aryl methyl sites for hydroxylation is 1. The van der Waals surface area contributed by atoms with Crippen LogP contribution in [-0.4, -0.2) is 49.5 Å². The van der Waals surface area contributed by atoms with Crippen LogP contribution in [-0.2, 0) is 16.4 Å². The quantitative estimate of drug-likeness (QED) is 0.794. The largest absolute Gasteiger partial charge is 0.332 e. The molecule has 0 saturated carbocycles. The molecule has 1 aliphatic rings. The fraction of sp³-hybridized carbons (Fsp3) is 0.700. The first-order chi connectivity index (χ1) is 8.01. The molecule has 0 amide bonds. The van der Waals surface area contributed by atoms with Gasteiger partial charge < -0.3 is 9.88 Å². The fourth-order valence-electron chi connectivity index (χ4n) is 1.97. The van der Waals surface area contributed by atoms with Crippen molar-refractivity contribution in [1.82, 2.24) is 19.6 Å². The molecule has 96 valence electrons. The van der Waals surface area contributed by atoms with Crippen molar-refractivity contribution in [2.45, 2.75) is 30.8 Å². The van der Waals surface area contributed by atoms with Crippen LogP contribution in [0.15, 0.2) is 11.2 Å². The lowest BCUT2D eigenvalue weighted by molar-refractivity contribution is 0.407. The van der Waals surface area contributed by atoms with E-state index in [0.29, 0.717) is 12.2 Å². The zero-order valence-electron chi connectivity index (χ0n) is 10.1. The third kappa shape index (κ3) is 2.85. The molecule has 0 spiro atoms. The van der Waals surface area contributed by atoms with Crippen LogP contribution in [0.2, 0.25) is 0 Å². The predicted molar refractivity (Wildman–Crippen MR) is 64.2 cm³/mol. The molecule has 2 N–H and O–H groups in total. The summed E-state index contributed by atoms with van der Waals surface area (Å²) in [6.45, 7) is 3.61. The zero-order chi connectivity index (χ0) is 12.5. The number of nitrogens with one attached hydrogen (secondary N) is 2. The molecular weight excluding hydrogens is 240 g/mol. The Hall–Kier alpha value is -0.920. The Kier molecular flexibility index (Phi) is 3.50. The average molecular weight is 258 g/mol. The maximum atomic E-state index is 12.0. The zero-order valence-corrected chi connectivity index (χ0v) is 10.9. The number of rotatable bonds is 4. The lowest BCUT2D eigenvalue weighted by atomic mass is 10.3. The summed E-state index contributed by atoms with van der Waals surface area (Å²) in [6, 6.07) is -0.00150. The summed E-state index contributed by atoms with van der Waals surface area (Å²) in [6.07, 6.45) is 2.92.